The molecule has 0 radical (unpaired) electrons. The summed E-state index contributed by atoms with van der Waals surface area (Å²) in [4.78, 5) is 11.7. The van der Waals surface area contributed by atoms with Crippen molar-refractivity contribution in [1.82, 2.24) is 15.0 Å². The number of benzene rings is 1. The third-order valence-corrected chi connectivity index (χ3v) is 3.30. The second-order valence-electron chi connectivity index (χ2n) is 4.73. The van der Waals surface area contributed by atoms with Gasteiger partial charge < -0.3 is 19.7 Å². The highest BCUT2D eigenvalue weighted by molar-refractivity contribution is 5.88. The number of esters is 1. The zero-order valence-corrected chi connectivity index (χ0v) is 13.0. The minimum atomic E-state index is -0.872. The van der Waals surface area contributed by atoms with Gasteiger partial charge in [0.2, 0.25) is 0 Å². The van der Waals surface area contributed by atoms with Gasteiger partial charge in [0.15, 0.2) is 5.69 Å². The number of nitrogens with zero attached hydrogens (tertiary/aromatic N) is 3. The van der Waals surface area contributed by atoms with Crippen LogP contribution < -0.4 is 4.74 Å². The molecule has 8 nitrogen and oxygen atoms in total. The van der Waals surface area contributed by atoms with Crippen molar-refractivity contribution in [2.75, 3.05) is 13.7 Å². The molecule has 0 spiro atoms. The molecular formula is C15H19N3O5. The second kappa shape index (κ2) is 7.70. The average molecular weight is 321 g/mol. The van der Waals surface area contributed by atoms with E-state index in [2.05, 4.69) is 10.3 Å². The van der Waals surface area contributed by atoms with E-state index in [0.717, 1.165) is 0 Å². The summed E-state index contributed by atoms with van der Waals surface area (Å²) in [7, 11) is 1.56. The first-order valence-electron chi connectivity index (χ1n) is 7.13. The summed E-state index contributed by atoms with van der Waals surface area (Å²) < 4.78 is 11.2. The molecule has 0 saturated heterocycles. The fourth-order valence-corrected chi connectivity index (χ4v) is 2.09. The Kier molecular flexibility index (Phi) is 5.67. The number of hydrogen-bond donors (Lipinski definition) is 2. The quantitative estimate of drug-likeness (QED) is 0.722. The first-order chi connectivity index (χ1) is 11.1. The van der Waals surface area contributed by atoms with Crippen LogP contribution in [-0.2, 0) is 17.9 Å². The highest BCUT2D eigenvalue weighted by Gasteiger charge is 2.21. The molecule has 0 fully saturated rings. The van der Waals surface area contributed by atoms with Crippen molar-refractivity contribution >= 4 is 5.97 Å². The molecule has 8 heteroatoms. The molecule has 124 valence electrons. The molecule has 2 N–H and O–H groups in total. The molecule has 1 heterocycles. The van der Waals surface area contributed by atoms with Crippen LogP contribution in [0, 0.1) is 0 Å². The minimum Gasteiger partial charge on any atom is -0.497 e. The number of rotatable bonds is 7. The second-order valence-corrected chi connectivity index (χ2v) is 4.73. The molecule has 0 aliphatic carbocycles. The smallest absolute Gasteiger partial charge is 0.360 e. The molecule has 0 aliphatic rings. The maximum Gasteiger partial charge on any atom is 0.360 e. The molecule has 1 unspecified atom stereocenters. The highest BCUT2D eigenvalue weighted by Crippen LogP contribution is 2.20. The fraction of sp³-hybridized carbons (Fsp3) is 0.400. The van der Waals surface area contributed by atoms with Gasteiger partial charge in [-0.2, -0.15) is 0 Å². The van der Waals surface area contributed by atoms with Crippen molar-refractivity contribution in [2.45, 2.75) is 26.2 Å². The summed E-state index contributed by atoms with van der Waals surface area (Å²) in [6.45, 7) is 1.49. The lowest BCUT2D eigenvalue weighted by atomic mass is 10.1. The number of hydrogen-bond acceptors (Lipinski definition) is 7. The first kappa shape index (κ1) is 16.9. The van der Waals surface area contributed by atoms with Crippen LogP contribution in [0.2, 0.25) is 0 Å². The lowest BCUT2D eigenvalue weighted by Crippen LogP contribution is -2.15. The van der Waals surface area contributed by atoms with Gasteiger partial charge in [0.05, 0.1) is 38.7 Å². The van der Waals surface area contributed by atoms with Crippen LogP contribution in [0.5, 0.6) is 5.75 Å². The number of aromatic nitrogens is 3. The SMILES string of the molecule is CCOC(=O)c1nnn(CC(O)c2ccc(OC)cc2)c1CO. The number of carbonyl (C=O) groups excluding carboxylic acids is 1. The van der Waals surface area contributed by atoms with Crippen molar-refractivity contribution in [3.63, 3.8) is 0 Å². The molecule has 0 aliphatic heterocycles. The van der Waals surface area contributed by atoms with E-state index in [4.69, 9.17) is 9.47 Å². The van der Waals surface area contributed by atoms with Crippen molar-refractivity contribution in [3.05, 3.63) is 41.2 Å². The summed E-state index contributed by atoms with van der Waals surface area (Å²) in [5, 5.41) is 27.3. The molecule has 0 amide bonds. The first-order valence-corrected chi connectivity index (χ1v) is 7.13. The zero-order chi connectivity index (χ0) is 16.8. The van der Waals surface area contributed by atoms with Gasteiger partial charge in [-0.3, -0.25) is 0 Å². The van der Waals surface area contributed by atoms with Crippen LogP contribution in [0.15, 0.2) is 24.3 Å². The van der Waals surface area contributed by atoms with Crippen molar-refractivity contribution in [1.29, 1.82) is 0 Å². The molecule has 0 saturated carbocycles. The Balaban J connectivity index is 2.16. The zero-order valence-electron chi connectivity index (χ0n) is 13.0. The fourth-order valence-electron chi connectivity index (χ4n) is 2.09. The monoisotopic (exact) mass is 321 g/mol. The van der Waals surface area contributed by atoms with Crippen molar-refractivity contribution < 1.29 is 24.5 Å². The maximum atomic E-state index is 11.7. The predicted molar refractivity (Wildman–Crippen MR) is 79.9 cm³/mol. The number of aliphatic hydroxyl groups excluding tert-OH is 2. The third-order valence-electron chi connectivity index (χ3n) is 3.30. The van der Waals surface area contributed by atoms with E-state index < -0.39 is 18.7 Å². The summed E-state index contributed by atoms with van der Waals surface area (Å²) >= 11 is 0. The molecule has 0 bridgehead atoms. The lowest BCUT2D eigenvalue weighted by molar-refractivity contribution is 0.0515. The standard InChI is InChI=1S/C15H19N3O5/c1-3-23-15(21)14-12(9-19)18(17-16-14)8-13(20)10-4-6-11(22-2)7-5-10/h4-7,13,19-20H,3,8-9H2,1-2H3. The van der Waals surface area contributed by atoms with E-state index in [1.54, 1.807) is 38.3 Å². The van der Waals surface area contributed by atoms with Gasteiger partial charge in [0, 0.05) is 0 Å². The van der Waals surface area contributed by atoms with Gasteiger partial charge in [0.25, 0.3) is 0 Å². The van der Waals surface area contributed by atoms with E-state index in [-0.39, 0.29) is 24.5 Å². The van der Waals surface area contributed by atoms with Gasteiger partial charge in [-0.05, 0) is 24.6 Å². The molecule has 2 rings (SSSR count). The lowest BCUT2D eigenvalue weighted by Gasteiger charge is -2.13. The van der Waals surface area contributed by atoms with E-state index in [1.807, 2.05) is 0 Å². The van der Waals surface area contributed by atoms with Crippen molar-refractivity contribution in [2.24, 2.45) is 0 Å². The number of carbonyl (C=O) groups is 1. The number of ether oxygens (including phenoxy) is 2. The number of aliphatic hydroxyl groups is 2. The van der Waals surface area contributed by atoms with E-state index in [0.29, 0.717) is 11.3 Å². The van der Waals surface area contributed by atoms with Crippen LogP contribution in [0.25, 0.3) is 0 Å². The summed E-state index contributed by atoms with van der Waals surface area (Å²) in [5.74, 6) is 0.0316. The van der Waals surface area contributed by atoms with Crippen molar-refractivity contribution in [3.8, 4) is 5.75 Å². The largest absolute Gasteiger partial charge is 0.497 e. The van der Waals surface area contributed by atoms with Gasteiger partial charge in [-0.1, -0.05) is 17.3 Å². The Morgan fingerprint density at radius 1 is 1.35 bits per heavy atom. The molecule has 1 aromatic carbocycles. The van der Waals surface area contributed by atoms with E-state index >= 15 is 0 Å². The predicted octanol–water partition coefficient (Wildman–Crippen LogP) is 0.689. The van der Waals surface area contributed by atoms with Crippen LogP contribution >= 0.6 is 0 Å². The van der Waals surface area contributed by atoms with E-state index in [9.17, 15) is 15.0 Å². The molecular weight excluding hydrogens is 302 g/mol. The van der Waals surface area contributed by atoms with Gasteiger partial charge >= 0.3 is 5.97 Å². The summed E-state index contributed by atoms with van der Waals surface area (Å²) in [5.41, 5.74) is 0.815. The average Bonchev–Trinajstić information content (AvgIpc) is 2.97. The van der Waals surface area contributed by atoms with Gasteiger partial charge in [-0.15, -0.1) is 5.10 Å². The Labute approximate surface area is 133 Å². The topological polar surface area (TPSA) is 107 Å². The Bertz CT molecular complexity index is 654. The van der Waals surface area contributed by atoms with Gasteiger partial charge in [0.1, 0.15) is 5.75 Å². The molecule has 1 aromatic heterocycles. The molecule has 2 aromatic rings. The maximum absolute atomic E-state index is 11.7. The Morgan fingerprint density at radius 2 is 2.04 bits per heavy atom. The number of methoxy groups -OCH3 is 1. The normalized spacial score (nSPS) is 12.0. The Morgan fingerprint density at radius 3 is 2.61 bits per heavy atom. The minimum absolute atomic E-state index is 0.0451. The third kappa shape index (κ3) is 3.85. The molecule has 23 heavy (non-hydrogen) atoms. The summed E-state index contributed by atoms with van der Waals surface area (Å²) in [6, 6.07) is 6.92. The van der Waals surface area contributed by atoms with Crippen LogP contribution in [0.3, 0.4) is 0 Å². The summed E-state index contributed by atoms with van der Waals surface area (Å²) in [6.07, 6.45) is -0.872. The van der Waals surface area contributed by atoms with E-state index in [1.165, 1.54) is 4.68 Å². The Hall–Kier alpha value is -2.45. The van der Waals surface area contributed by atoms with Crippen LogP contribution in [-0.4, -0.2) is 44.9 Å². The van der Waals surface area contributed by atoms with Gasteiger partial charge in [-0.25, -0.2) is 9.48 Å². The van der Waals surface area contributed by atoms with Crippen LogP contribution in [0.4, 0.5) is 0 Å². The van der Waals surface area contributed by atoms with Crippen LogP contribution in [0.1, 0.15) is 34.8 Å². The highest BCUT2D eigenvalue weighted by atomic mass is 16.5. The molecule has 1 atom stereocenters.